The van der Waals surface area contributed by atoms with Gasteiger partial charge in [-0.05, 0) is 36.9 Å². The number of carbonyl (C=O) groups is 1. The number of H-pyrrole nitrogens is 1. The van der Waals surface area contributed by atoms with Crippen LogP contribution in [0.3, 0.4) is 0 Å². The van der Waals surface area contributed by atoms with Crippen LogP contribution in [0.25, 0.3) is 10.7 Å². The molecule has 5 nitrogen and oxygen atoms in total. The molecule has 2 unspecified atom stereocenters. The molecule has 1 aliphatic rings. The molecule has 1 amide bonds. The summed E-state index contributed by atoms with van der Waals surface area (Å²) in [4.78, 5) is 20.3. The van der Waals surface area contributed by atoms with Crippen LogP contribution in [0.15, 0.2) is 29.6 Å². The Balaban J connectivity index is 1.32. The average Bonchev–Trinajstić information content (AvgIpc) is 2.95. The first-order valence-corrected chi connectivity index (χ1v) is 9.19. The number of aromatic amines is 1. The summed E-state index contributed by atoms with van der Waals surface area (Å²) in [5.74, 6) is 1.97. The number of amides is 1. The Morgan fingerprint density at radius 2 is 2.35 bits per heavy atom. The third kappa shape index (κ3) is 3.07. The Morgan fingerprint density at radius 3 is 3.09 bits per heavy atom. The van der Waals surface area contributed by atoms with Gasteiger partial charge >= 0.3 is 0 Å². The van der Waals surface area contributed by atoms with E-state index < -0.39 is 0 Å². The molecule has 0 radical (unpaired) electrons. The quantitative estimate of drug-likeness (QED) is 0.746. The molecule has 118 valence electrons. The van der Waals surface area contributed by atoms with E-state index in [0.29, 0.717) is 24.1 Å². The Labute approximate surface area is 141 Å². The lowest BCUT2D eigenvalue weighted by molar-refractivity contribution is -0.122. The summed E-state index contributed by atoms with van der Waals surface area (Å²) in [6.07, 6.45) is 0.947. The Hall–Kier alpha value is -1.99. The maximum Gasteiger partial charge on any atom is 0.224 e. The van der Waals surface area contributed by atoms with Crippen molar-refractivity contribution in [1.82, 2.24) is 20.5 Å². The van der Waals surface area contributed by atoms with Crippen molar-refractivity contribution in [3.8, 4) is 10.7 Å². The Morgan fingerprint density at radius 1 is 1.43 bits per heavy atom. The largest absolute Gasteiger partial charge is 0.349 e. The highest BCUT2D eigenvalue weighted by Crippen LogP contribution is 2.49. The maximum atomic E-state index is 12.2. The van der Waals surface area contributed by atoms with Gasteiger partial charge in [-0.2, -0.15) is 5.10 Å². The summed E-state index contributed by atoms with van der Waals surface area (Å²) in [6, 6.07) is 8.21. The van der Waals surface area contributed by atoms with Crippen molar-refractivity contribution in [2.24, 2.45) is 5.92 Å². The SMILES string of the molecule is Cc1ccc(C2CC2C(=O)NCc2nc(-c3cccs3)n[nH]2)s1. The van der Waals surface area contributed by atoms with Crippen LogP contribution in [-0.2, 0) is 11.3 Å². The van der Waals surface area contributed by atoms with Crippen LogP contribution in [0.4, 0.5) is 0 Å². The van der Waals surface area contributed by atoms with E-state index in [-0.39, 0.29) is 11.8 Å². The summed E-state index contributed by atoms with van der Waals surface area (Å²) in [7, 11) is 0. The Kier molecular flexibility index (Phi) is 3.74. The molecule has 1 fully saturated rings. The van der Waals surface area contributed by atoms with Gasteiger partial charge in [0.1, 0.15) is 5.82 Å². The lowest BCUT2D eigenvalue weighted by atomic mass is 10.2. The van der Waals surface area contributed by atoms with Crippen LogP contribution in [0.5, 0.6) is 0 Å². The topological polar surface area (TPSA) is 70.7 Å². The zero-order chi connectivity index (χ0) is 15.8. The van der Waals surface area contributed by atoms with Crippen LogP contribution in [0.1, 0.15) is 27.9 Å². The fourth-order valence-electron chi connectivity index (χ4n) is 2.64. The van der Waals surface area contributed by atoms with Crippen LogP contribution < -0.4 is 5.32 Å². The number of nitrogens with zero attached hydrogens (tertiary/aromatic N) is 2. The van der Waals surface area contributed by atoms with Gasteiger partial charge in [0.05, 0.1) is 11.4 Å². The third-order valence-electron chi connectivity index (χ3n) is 3.96. The zero-order valence-electron chi connectivity index (χ0n) is 12.6. The van der Waals surface area contributed by atoms with E-state index in [1.807, 2.05) is 17.5 Å². The summed E-state index contributed by atoms with van der Waals surface area (Å²) >= 11 is 3.39. The number of aromatic nitrogens is 3. The minimum atomic E-state index is 0.104. The smallest absolute Gasteiger partial charge is 0.224 e. The van der Waals surface area contributed by atoms with E-state index in [1.54, 1.807) is 22.7 Å². The lowest BCUT2D eigenvalue weighted by Gasteiger charge is -2.01. The minimum Gasteiger partial charge on any atom is -0.349 e. The van der Waals surface area contributed by atoms with Crippen LogP contribution in [0.2, 0.25) is 0 Å². The monoisotopic (exact) mass is 344 g/mol. The van der Waals surface area contributed by atoms with Crippen molar-refractivity contribution in [2.45, 2.75) is 25.8 Å². The van der Waals surface area contributed by atoms with Crippen LogP contribution >= 0.6 is 22.7 Å². The summed E-state index contributed by atoms with van der Waals surface area (Å²) in [5, 5.41) is 12.0. The molecule has 0 spiro atoms. The fraction of sp³-hybridized carbons (Fsp3) is 0.312. The van der Waals surface area contributed by atoms with Crippen LogP contribution in [0, 0.1) is 12.8 Å². The molecule has 2 atom stereocenters. The molecule has 23 heavy (non-hydrogen) atoms. The number of nitrogens with one attached hydrogen (secondary N) is 2. The maximum absolute atomic E-state index is 12.2. The van der Waals surface area contributed by atoms with Gasteiger partial charge in [0, 0.05) is 21.6 Å². The number of thiophene rings is 2. The van der Waals surface area contributed by atoms with Gasteiger partial charge in [0.25, 0.3) is 0 Å². The molecule has 1 aliphatic carbocycles. The molecule has 7 heteroatoms. The van der Waals surface area contributed by atoms with Gasteiger partial charge in [-0.15, -0.1) is 22.7 Å². The van der Waals surface area contributed by atoms with E-state index in [2.05, 4.69) is 39.6 Å². The number of carbonyl (C=O) groups excluding carboxylic acids is 1. The number of aryl methyl sites for hydroxylation is 1. The van der Waals surface area contributed by atoms with Gasteiger partial charge in [-0.3, -0.25) is 9.89 Å². The number of rotatable bonds is 5. The molecule has 0 aromatic carbocycles. The lowest BCUT2D eigenvalue weighted by Crippen LogP contribution is -2.25. The normalized spacial score (nSPS) is 19.7. The Bertz CT molecular complexity index is 821. The molecular weight excluding hydrogens is 328 g/mol. The second-order valence-electron chi connectivity index (χ2n) is 5.70. The molecule has 0 aliphatic heterocycles. The van der Waals surface area contributed by atoms with E-state index in [4.69, 9.17) is 0 Å². The first-order valence-electron chi connectivity index (χ1n) is 7.50. The van der Waals surface area contributed by atoms with Crippen molar-refractivity contribution in [3.05, 3.63) is 45.2 Å². The van der Waals surface area contributed by atoms with Crippen molar-refractivity contribution >= 4 is 28.6 Å². The molecule has 1 saturated carbocycles. The molecule has 0 bridgehead atoms. The second-order valence-corrected chi connectivity index (χ2v) is 7.97. The molecular formula is C16H16N4OS2. The first-order chi connectivity index (χ1) is 11.2. The molecule has 3 aromatic rings. The van der Waals surface area contributed by atoms with Gasteiger partial charge in [-0.1, -0.05) is 6.07 Å². The first kappa shape index (κ1) is 14.6. The minimum absolute atomic E-state index is 0.104. The standard InChI is InChI=1S/C16H16N4OS2/c1-9-4-5-12(23-9)10-7-11(10)16(21)17-8-14-18-15(20-19-14)13-3-2-6-22-13/h2-6,10-11H,7-8H2,1H3,(H,17,21)(H,18,19,20). The van der Waals surface area contributed by atoms with Gasteiger partial charge < -0.3 is 5.32 Å². The molecule has 3 heterocycles. The van der Waals surface area contributed by atoms with E-state index in [0.717, 1.165) is 11.3 Å². The van der Waals surface area contributed by atoms with Gasteiger partial charge in [0.15, 0.2) is 5.82 Å². The average molecular weight is 344 g/mol. The van der Waals surface area contributed by atoms with E-state index in [9.17, 15) is 4.79 Å². The molecule has 3 aromatic heterocycles. The fourth-order valence-corrected chi connectivity index (χ4v) is 4.36. The van der Waals surface area contributed by atoms with Crippen molar-refractivity contribution in [3.63, 3.8) is 0 Å². The number of hydrogen-bond acceptors (Lipinski definition) is 5. The second kappa shape index (κ2) is 5.90. The van der Waals surface area contributed by atoms with Gasteiger partial charge in [0.2, 0.25) is 5.91 Å². The highest BCUT2D eigenvalue weighted by Gasteiger charge is 2.44. The summed E-state index contributed by atoms with van der Waals surface area (Å²) < 4.78 is 0. The van der Waals surface area contributed by atoms with E-state index in [1.165, 1.54) is 9.75 Å². The van der Waals surface area contributed by atoms with Crippen LogP contribution in [-0.4, -0.2) is 21.1 Å². The van der Waals surface area contributed by atoms with Crippen molar-refractivity contribution in [2.75, 3.05) is 0 Å². The van der Waals surface area contributed by atoms with Gasteiger partial charge in [-0.25, -0.2) is 4.98 Å². The molecule has 0 saturated heterocycles. The highest BCUT2D eigenvalue weighted by molar-refractivity contribution is 7.13. The molecule has 2 N–H and O–H groups in total. The highest BCUT2D eigenvalue weighted by atomic mass is 32.1. The number of hydrogen-bond donors (Lipinski definition) is 2. The zero-order valence-corrected chi connectivity index (χ0v) is 14.2. The van der Waals surface area contributed by atoms with Crippen molar-refractivity contribution in [1.29, 1.82) is 0 Å². The van der Waals surface area contributed by atoms with Crippen molar-refractivity contribution < 1.29 is 4.79 Å². The summed E-state index contributed by atoms with van der Waals surface area (Å²) in [5.41, 5.74) is 0. The predicted octanol–water partition coefficient (Wildman–Crippen LogP) is 3.32. The summed E-state index contributed by atoms with van der Waals surface area (Å²) in [6.45, 7) is 2.49. The third-order valence-corrected chi connectivity index (χ3v) is 5.96. The van der Waals surface area contributed by atoms with E-state index >= 15 is 0 Å². The molecule has 4 rings (SSSR count). The predicted molar refractivity (Wildman–Crippen MR) is 91.4 cm³/mol.